The van der Waals surface area contributed by atoms with Crippen molar-refractivity contribution in [2.24, 2.45) is 5.73 Å². The lowest BCUT2D eigenvalue weighted by Crippen LogP contribution is -2.28. The van der Waals surface area contributed by atoms with Crippen molar-refractivity contribution in [1.29, 1.82) is 0 Å². The van der Waals surface area contributed by atoms with Crippen molar-refractivity contribution in [1.82, 2.24) is 9.78 Å². The molecule has 0 bridgehead atoms. The van der Waals surface area contributed by atoms with Gasteiger partial charge in [0.25, 0.3) is 0 Å². The van der Waals surface area contributed by atoms with Gasteiger partial charge in [-0.05, 0) is 26.8 Å². The molecule has 2 atom stereocenters. The first-order valence-corrected chi connectivity index (χ1v) is 5.09. The Hall–Kier alpha value is -0.870. The summed E-state index contributed by atoms with van der Waals surface area (Å²) in [7, 11) is 0. The minimum atomic E-state index is -0.0996. The van der Waals surface area contributed by atoms with Gasteiger partial charge in [-0.3, -0.25) is 4.68 Å². The topological polar surface area (TPSA) is 53.1 Å². The molecule has 1 aromatic rings. The Morgan fingerprint density at radius 2 is 2.29 bits per heavy atom. The summed E-state index contributed by atoms with van der Waals surface area (Å²) in [6, 6.07) is 1.85. The molecule has 0 amide bonds. The van der Waals surface area contributed by atoms with E-state index in [0.29, 0.717) is 6.61 Å². The average molecular weight is 197 g/mol. The fraction of sp³-hybridized carbons (Fsp3) is 0.700. The SMILES string of the molecule is CCOC(C)C(N)c1ccnn1CC. The van der Waals surface area contributed by atoms with Crippen molar-refractivity contribution in [3.05, 3.63) is 18.0 Å². The van der Waals surface area contributed by atoms with E-state index in [1.807, 2.05) is 24.6 Å². The maximum Gasteiger partial charge on any atom is 0.0754 e. The molecule has 0 aromatic carbocycles. The predicted molar refractivity (Wildman–Crippen MR) is 55.9 cm³/mol. The summed E-state index contributed by atoms with van der Waals surface area (Å²) in [5.41, 5.74) is 7.10. The van der Waals surface area contributed by atoms with Gasteiger partial charge in [0.2, 0.25) is 0 Å². The Morgan fingerprint density at radius 3 is 2.86 bits per heavy atom. The summed E-state index contributed by atoms with van der Waals surface area (Å²) < 4.78 is 7.36. The highest BCUT2D eigenvalue weighted by molar-refractivity contribution is 5.07. The molecule has 2 unspecified atom stereocenters. The van der Waals surface area contributed by atoms with Crippen LogP contribution in [0, 0.1) is 0 Å². The maximum atomic E-state index is 6.06. The van der Waals surface area contributed by atoms with Crippen molar-refractivity contribution in [2.45, 2.75) is 39.5 Å². The lowest BCUT2D eigenvalue weighted by molar-refractivity contribution is 0.0554. The molecule has 4 nitrogen and oxygen atoms in total. The first-order chi connectivity index (χ1) is 6.70. The second kappa shape index (κ2) is 5.12. The highest BCUT2D eigenvalue weighted by Crippen LogP contribution is 2.15. The fourth-order valence-corrected chi connectivity index (χ4v) is 1.50. The molecular formula is C10H19N3O. The van der Waals surface area contributed by atoms with E-state index in [2.05, 4.69) is 12.0 Å². The molecule has 14 heavy (non-hydrogen) atoms. The quantitative estimate of drug-likeness (QED) is 0.774. The van der Waals surface area contributed by atoms with Gasteiger partial charge < -0.3 is 10.5 Å². The van der Waals surface area contributed by atoms with Crippen molar-refractivity contribution in [3.63, 3.8) is 0 Å². The van der Waals surface area contributed by atoms with Gasteiger partial charge in [0, 0.05) is 19.3 Å². The van der Waals surface area contributed by atoms with Crippen LogP contribution in [0.2, 0.25) is 0 Å². The molecule has 1 rings (SSSR count). The number of ether oxygens (including phenoxy) is 1. The van der Waals surface area contributed by atoms with Crippen molar-refractivity contribution in [3.8, 4) is 0 Å². The molecule has 0 aliphatic heterocycles. The van der Waals surface area contributed by atoms with Crippen LogP contribution in [0.5, 0.6) is 0 Å². The van der Waals surface area contributed by atoms with E-state index in [9.17, 15) is 0 Å². The predicted octanol–water partition coefficient (Wildman–Crippen LogP) is 1.33. The Morgan fingerprint density at radius 1 is 1.57 bits per heavy atom. The van der Waals surface area contributed by atoms with Crippen LogP contribution in [-0.2, 0) is 11.3 Å². The number of hydrogen-bond acceptors (Lipinski definition) is 3. The normalized spacial score (nSPS) is 15.4. The summed E-state index contributed by atoms with van der Waals surface area (Å²) in [6.45, 7) is 7.54. The van der Waals surface area contributed by atoms with E-state index in [1.165, 1.54) is 0 Å². The second-order valence-corrected chi connectivity index (χ2v) is 3.26. The summed E-state index contributed by atoms with van der Waals surface area (Å²) in [5, 5.41) is 4.18. The van der Waals surface area contributed by atoms with Crippen LogP contribution in [0.4, 0.5) is 0 Å². The lowest BCUT2D eigenvalue weighted by Gasteiger charge is -2.20. The molecule has 0 spiro atoms. The van der Waals surface area contributed by atoms with Gasteiger partial charge in [-0.2, -0.15) is 5.10 Å². The van der Waals surface area contributed by atoms with Crippen LogP contribution in [-0.4, -0.2) is 22.5 Å². The number of nitrogens with two attached hydrogens (primary N) is 1. The molecule has 0 saturated carbocycles. The van der Waals surface area contributed by atoms with Crippen LogP contribution in [0.25, 0.3) is 0 Å². The summed E-state index contributed by atoms with van der Waals surface area (Å²) >= 11 is 0. The molecule has 1 heterocycles. The molecule has 0 radical (unpaired) electrons. The van der Waals surface area contributed by atoms with E-state index in [-0.39, 0.29) is 12.1 Å². The molecule has 0 aliphatic carbocycles. The number of rotatable bonds is 5. The number of hydrogen-bond donors (Lipinski definition) is 1. The van der Waals surface area contributed by atoms with Gasteiger partial charge in [0.15, 0.2) is 0 Å². The largest absolute Gasteiger partial charge is 0.377 e. The maximum absolute atomic E-state index is 6.06. The summed E-state index contributed by atoms with van der Waals surface area (Å²) in [4.78, 5) is 0. The molecule has 1 aromatic heterocycles. The Kier molecular flexibility index (Phi) is 4.10. The van der Waals surface area contributed by atoms with E-state index in [1.54, 1.807) is 6.20 Å². The highest BCUT2D eigenvalue weighted by Gasteiger charge is 2.18. The third kappa shape index (κ3) is 2.33. The van der Waals surface area contributed by atoms with Crippen molar-refractivity contribution >= 4 is 0 Å². The first-order valence-electron chi connectivity index (χ1n) is 5.09. The first kappa shape index (κ1) is 11.2. The van der Waals surface area contributed by atoms with E-state index in [4.69, 9.17) is 10.5 Å². The molecule has 0 aliphatic rings. The van der Waals surface area contributed by atoms with E-state index >= 15 is 0 Å². The van der Waals surface area contributed by atoms with Crippen LogP contribution < -0.4 is 5.73 Å². The Labute approximate surface area is 85.0 Å². The van der Waals surface area contributed by atoms with Gasteiger partial charge in [-0.15, -0.1) is 0 Å². The van der Waals surface area contributed by atoms with Crippen molar-refractivity contribution in [2.75, 3.05) is 6.61 Å². The molecule has 80 valence electrons. The van der Waals surface area contributed by atoms with E-state index < -0.39 is 0 Å². The average Bonchev–Trinajstić information content (AvgIpc) is 2.64. The zero-order chi connectivity index (χ0) is 10.6. The standard InChI is InChI=1S/C10H19N3O/c1-4-13-9(6-7-12-13)10(11)8(3)14-5-2/h6-8,10H,4-5,11H2,1-3H3. The Balaban J connectivity index is 2.72. The monoisotopic (exact) mass is 197 g/mol. The third-order valence-corrected chi connectivity index (χ3v) is 2.33. The van der Waals surface area contributed by atoms with Crippen LogP contribution >= 0.6 is 0 Å². The van der Waals surface area contributed by atoms with Gasteiger partial charge >= 0.3 is 0 Å². The number of aromatic nitrogens is 2. The minimum Gasteiger partial charge on any atom is -0.377 e. The number of nitrogens with zero attached hydrogens (tertiary/aromatic N) is 2. The molecule has 0 fully saturated rings. The smallest absolute Gasteiger partial charge is 0.0754 e. The molecule has 4 heteroatoms. The van der Waals surface area contributed by atoms with Crippen LogP contribution in [0.1, 0.15) is 32.5 Å². The van der Waals surface area contributed by atoms with Crippen LogP contribution in [0.15, 0.2) is 12.3 Å². The summed E-state index contributed by atoms with van der Waals surface area (Å²) in [6.07, 6.45) is 1.80. The number of aryl methyl sites for hydroxylation is 1. The van der Waals surface area contributed by atoms with Gasteiger partial charge in [-0.25, -0.2) is 0 Å². The Bertz CT molecular complexity index is 272. The zero-order valence-corrected chi connectivity index (χ0v) is 9.10. The highest BCUT2D eigenvalue weighted by atomic mass is 16.5. The summed E-state index contributed by atoms with van der Waals surface area (Å²) in [5.74, 6) is 0. The third-order valence-electron chi connectivity index (χ3n) is 2.33. The molecule has 0 saturated heterocycles. The van der Waals surface area contributed by atoms with Crippen molar-refractivity contribution < 1.29 is 4.74 Å². The second-order valence-electron chi connectivity index (χ2n) is 3.26. The van der Waals surface area contributed by atoms with Gasteiger partial charge in [0.05, 0.1) is 17.8 Å². The fourth-order valence-electron chi connectivity index (χ4n) is 1.50. The molecule has 2 N–H and O–H groups in total. The lowest BCUT2D eigenvalue weighted by atomic mass is 10.1. The van der Waals surface area contributed by atoms with Gasteiger partial charge in [0.1, 0.15) is 0 Å². The minimum absolute atomic E-state index is 0.0296. The molecular weight excluding hydrogens is 178 g/mol. The van der Waals surface area contributed by atoms with E-state index in [0.717, 1.165) is 12.2 Å². The van der Waals surface area contributed by atoms with Crippen LogP contribution in [0.3, 0.4) is 0 Å². The zero-order valence-electron chi connectivity index (χ0n) is 9.10. The van der Waals surface area contributed by atoms with Gasteiger partial charge in [-0.1, -0.05) is 0 Å².